The lowest BCUT2D eigenvalue weighted by atomic mass is 9.48. The Bertz CT molecular complexity index is 718. The molecule has 0 aromatic heterocycles. The van der Waals surface area contributed by atoms with Crippen LogP contribution in [-0.4, -0.2) is 18.7 Å². The molecule has 4 bridgehead atoms. The molecule has 4 saturated carbocycles. The van der Waals surface area contributed by atoms with Gasteiger partial charge in [0, 0.05) is 12.1 Å². The predicted molar refractivity (Wildman–Crippen MR) is 99.8 cm³/mol. The molecule has 138 valence electrons. The third-order valence-corrected chi connectivity index (χ3v) is 7.19. The average Bonchev–Trinajstić information content (AvgIpc) is 3.06. The number of nitrogens with one attached hydrogen (secondary N) is 1. The molecule has 4 aliphatic carbocycles. The molecule has 1 aromatic carbocycles. The van der Waals surface area contributed by atoms with Crippen LogP contribution in [0.15, 0.2) is 24.3 Å². The lowest BCUT2D eigenvalue weighted by Gasteiger charge is -2.59. The van der Waals surface area contributed by atoms with Crippen LogP contribution in [0.1, 0.15) is 51.0 Å². The van der Waals surface area contributed by atoms with Crippen LogP contribution in [0.25, 0.3) is 6.08 Å². The van der Waals surface area contributed by atoms with Gasteiger partial charge in [-0.1, -0.05) is 6.07 Å². The number of hydrogen-bond donors (Lipinski definition) is 1. The number of hydrogen-bond acceptors (Lipinski definition) is 3. The summed E-state index contributed by atoms with van der Waals surface area (Å²) in [6.07, 6.45) is 11.7. The summed E-state index contributed by atoms with van der Waals surface area (Å²) in [5, 5.41) is 3.28. The van der Waals surface area contributed by atoms with E-state index in [4.69, 9.17) is 9.47 Å². The van der Waals surface area contributed by atoms with E-state index in [-0.39, 0.29) is 18.7 Å². The van der Waals surface area contributed by atoms with Crippen molar-refractivity contribution in [2.45, 2.75) is 51.5 Å². The summed E-state index contributed by atoms with van der Waals surface area (Å²) in [5.74, 6) is 4.24. The zero-order chi connectivity index (χ0) is 17.7. The summed E-state index contributed by atoms with van der Waals surface area (Å²) in [6.45, 7) is 2.49. The van der Waals surface area contributed by atoms with Crippen molar-refractivity contribution in [2.75, 3.05) is 6.79 Å². The van der Waals surface area contributed by atoms with Crippen LogP contribution in [0.2, 0.25) is 0 Å². The smallest absolute Gasteiger partial charge is 0.244 e. The van der Waals surface area contributed by atoms with E-state index >= 15 is 0 Å². The molecule has 0 spiro atoms. The quantitative estimate of drug-likeness (QED) is 0.827. The Balaban J connectivity index is 1.24. The van der Waals surface area contributed by atoms with Crippen LogP contribution < -0.4 is 14.8 Å². The van der Waals surface area contributed by atoms with Gasteiger partial charge in [-0.25, -0.2) is 0 Å². The van der Waals surface area contributed by atoms with Crippen molar-refractivity contribution in [3.63, 3.8) is 0 Å². The summed E-state index contributed by atoms with van der Waals surface area (Å²) in [6, 6.07) is 6.00. The topological polar surface area (TPSA) is 47.6 Å². The molecule has 1 amide bonds. The van der Waals surface area contributed by atoms with Crippen LogP contribution in [0, 0.1) is 23.2 Å². The first-order valence-corrected chi connectivity index (χ1v) is 9.98. The minimum atomic E-state index is 0.00547. The van der Waals surface area contributed by atoms with Gasteiger partial charge in [0.1, 0.15) is 0 Å². The second kappa shape index (κ2) is 6.04. The number of carbonyl (C=O) groups excluding carboxylic acids is 1. The fourth-order valence-electron chi connectivity index (χ4n) is 6.31. The Hall–Kier alpha value is -1.97. The van der Waals surface area contributed by atoms with Gasteiger partial charge in [0.05, 0.1) is 0 Å². The predicted octanol–water partition coefficient (Wildman–Crippen LogP) is 4.15. The molecule has 1 aromatic rings. The zero-order valence-electron chi connectivity index (χ0n) is 15.4. The molecule has 6 rings (SSSR count). The van der Waals surface area contributed by atoms with Gasteiger partial charge in [0.25, 0.3) is 0 Å². The van der Waals surface area contributed by atoms with Gasteiger partial charge < -0.3 is 14.8 Å². The fraction of sp³-hybridized carbons (Fsp3) is 0.591. The Morgan fingerprint density at radius 3 is 2.46 bits per heavy atom. The molecule has 4 nitrogen and oxygen atoms in total. The molecule has 26 heavy (non-hydrogen) atoms. The highest BCUT2D eigenvalue weighted by atomic mass is 16.7. The maximum absolute atomic E-state index is 12.5. The molecule has 0 radical (unpaired) electrons. The highest BCUT2D eigenvalue weighted by molar-refractivity contribution is 5.92. The second-order valence-corrected chi connectivity index (χ2v) is 8.96. The minimum Gasteiger partial charge on any atom is -0.454 e. The van der Waals surface area contributed by atoms with Crippen LogP contribution in [-0.2, 0) is 4.79 Å². The molecule has 1 aliphatic heterocycles. The summed E-state index contributed by atoms with van der Waals surface area (Å²) >= 11 is 0. The van der Waals surface area contributed by atoms with Crippen molar-refractivity contribution in [1.82, 2.24) is 5.32 Å². The number of ether oxygens (including phenoxy) is 2. The van der Waals surface area contributed by atoms with Crippen molar-refractivity contribution in [2.24, 2.45) is 23.2 Å². The first kappa shape index (κ1) is 16.2. The maximum atomic E-state index is 12.5. The molecule has 5 aliphatic rings. The molecule has 4 heteroatoms. The molecule has 1 N–H and O–H groups in total. The molecule has 4 fully saturated rings. The van der Waals surface area contributed by atoms with Gasteiger partial charge >= 0.3 is 0 Å². The SMILES string of the molecule is C[C@H](NC(=O)/C=C/c1ccc2c(c1)OCO2)C12CC3CC(CC(C3)C1)C2. The Labute approximate surface area is 154 Å². The molecular weight excluding hydrogens is 326 g/mol. The van der Waals surface area contributed by atoms with Crippen molar-refractivity contribution in [1.29, 1.82) is 0 Å². The van der Waals surface area contributed by atoms with E-state index in [0.717, 1.165) is 34.8 Å². The Morgan fingerprint density at radius 1 is 1.12 bits per heavy atom. The minimum absolute atomic E-state index is 0.00547. The lowest BCUT2D eigenvalue weighted by Crippen LogP contribution is -2.55. The highest BCUT2D eigenvalue weighted by Gasteiger charge is 2.53. The zero-order valence-corrected chi connectivity index (χ0v) is 15.4. The number of fused-ring (bicyclic) bond motifs is 1. The van der Waals surface area contributed by atoms with Gasteiger partial charge in [0.2, 0.25) is 12.7 Å². The molecule has 0 saturated heterocycles. The summed E-state index contributed by atoms with van der Waals surface area (Å²) < 4.78 is 10.7. The number of rotatable bonds is 4. The van der Waals surface area contributed by atoms with Crippen molar-refractivity contribution in [3.8, 4) is 11.5 Å². The van der Waals surface area contributed by atoms with Crippen molar-refractivity contribution < 1.29 is 14.3 Å². The largest absolute Gasteiger partial charge is 0.454 e. The van der Waals surface area contributed by atoms with E-state index < -0.39 is 0 Å². The standard InChI is InChI=1S/C22H27NO3/c1-14(22-10-16-6-17(11-22)8-18(7-16)12-22)23-21(24)5-3-15-2-4-19-20(9-15)26-13-25-19/h2-5,9,14,16-18H,6-8,10-13H2,1H3,(H,23,24)/b5-3+/t14-,16?,17?,18?,22?/m0/s1. The van der Waals surface area contributed by atoms with Crippen LogP contribution in [0.5, 0.6) is 11.5 Å². The van der Waals surface area contributed by atoms with E-state index in [1.807, 2.05) is 24.3 Å². The van der Waals surface area contributed by atoms with E-state index in [0.29, 0.717) is 5.41 Å². The first-order valence-electron chi connectivity index (χ1n) is 9.98. The summed E-state index contributed by atoms with van der Waals surface area (Å²) in [7, 11) is 0. The third-order valence-electron chi connectivity index (χ3n) is 7.19. The number of amides is 1. The van der Waals surface area contributed by atoms with Crippen LogP contribution in [0.4, 0.5) is 0 Å². The van der Waals surface area contributed by atoms with Gasteiger partial charge in [0.15, 0.2) is 11.5 Å². The molecule has 1 atom stereocenters. The van der Waals surface area contributed by atoms with Gasteiger partial charge in [-0.15, -0.1) is 0 Å². The fourth-order valence-corrected chi connectivity index (χ4v) is 6.31. The van der Waals surface area contributed by atoms with Gasteiger partial charge in [-0.05, 0) is 92.4 Å². The number of benzene rings is 1. The third kappa shape index (κ3) is 2.80. The van der Waals surface area contributed by atoms with E-state index in [9.17, 15) is 4.79 Å². The average molecular weight is 353 g/mol. The van der Waals surface area contributed by atoms with Crippen molar-refractivity contribution in [3.05, 3.63) is 29.8 Å². The highest BCUT2D eigenvalue weighted by Crippen LogP contribution is 2.61. The van der Waals surface area contributed by atoms with Crippen molar-refractivity contribution >= 4 is 12.0 Å². The normalized spacial score (nSPS) is 35.0. The molecular formula is C22H27NO3. The summed E-state index contributed by atoms with van der Waals surface area (Å²) in [4.78, 5) is 12.5. The first-order chi connectivity index (χ1) is 12.6. The molecule has 1 heterocycles. The van der Waals surface area contributed by atoms with Gasteiger partial charge in [-0.2, -0.15) is 0 Å². The number of carbonyl (C=O) groups is 1. The Morgan fingerprint density at radius 2 is 1.77 bits per heavy atom. The van der Waals surface area contributed by atoms with E-state index in [1.54, 1.807) is 6.08 Å². The van der Waals surface area contributed by atoms with E-state index in [1.165, 1.54) is 38.5 Å². The monoisotopic (exact) mass is 353 g/mol. The van der Waals surface area contributed by atoms with Crippen LogP contribution >= 0.6 is 0 Å². The second-order valence-electron chi connectivity index (χ2n) is 8.96. The van der Waals surface area contributed by atoms with Gasteiger partial charge in [-0.3, -0.25) is 4.79 Å². The Kier molecular flexibility index (Phi) is 3.77. The summed E-state index contributed by atoms with van der Waals surface area (Å²) in [5.41, 5.74) is 1.30. The van der Waals surface area contributed by atoms with E-state index in [2.05, 4.69) is 12.2 Å². The van der Waals surface area contributed by atoms with Crippen LogP contribution in [0.3, 0.4) is 0 Å². The maximum Gasteiger partial charge on any atom is 0.244 e. The molecule has 0 unspecified atom stereocenters. The lowest BCUT2D eigenvalue weighted by molar-refractivity contribution is -0.121.